The van der Waals surface area contributed by atoms with E-state index in [1.807, 2.05) is 0 Å². The van der Waals surface area contributed by atoms with Crippen LogP contribution in [-0.4, -0.2) is 51.9 Å². The number of ether oxygens (including phenoxy) is 1. The molecule has 2 rings (SSSR count). The molecule has 1 aliphatic heterocycles. The number of carbonyl (C=O) groups is 1. The van der Waals surface area contributed by atoms with Crippen LogP contribution in [-0.2, 0) is 14.8 Å². The zero-order valence-corrected chi connectivity index (χ0v) is 16.3. The summed E-state index contributed by atoms with van der Waals surface area (Å²) in [6.07, 6.45) is 1.26. The fraction of sp³-hybridized carbons (Fsp3) is 0.533. The molecule has 1 aromatic carbocycles. The normalized spacial score (nSPS) is 18.3. The first-order chi connectivity index (χ1) is 11.4. The number of rotatable bonds is 6. The van der Waals surface area contributed by atoms with Crippen molar-refractivity contribution >= 4 is 39.9 Å². The second-order valence-electron chi connectivity index (χ2n) is 5.58. The summed E-state index contributed by atoms with van der Waals surface area (Å²) in [6, 6.07) is 4.49. The molecule has 25 heavy (non-hydrogen) atoms. The molecule has 1 aromatic rings. The highest BCUT2D eigenvalue weighted by Crippen LogP contribution is 2.31. The van der Waals surface area contributed by atoms with Crippen molar-refractivity contribution in [1.82, 2.24) is 9.62 Å². The van der Waals surface area contributed by atoms with Crippen molar-refractivity contribution in [3.05, 3.63) is 23.2 Å². The lowest BCUT2D eigenvalue weighted by Crippen LogP contribution is -2.46. The van der Waals surface area contributed by atoms with Gasteiger partial charge in [-0.1, -0.05) is 11.6 Å². The molecule has 1 unspecified atom stereocenters. The number of nitrogens with one attached hydrogen (secondary N) is 1. The first-order valence-corrected chi connectivity index (χ1v) is 9.53. The van der Waals surface area contributed by atoms with Gasteiger partial charge < -0.3 is 15.8 Å². The zero-order valence-electron chi connectivity index (χ0n) is 13.9. The molecule has 142 valence electrons. The van der Waals surface area contributed by atoms with Gasteiger partial charge in [-0.15, -0.1) is 12.4 Å². The average Bonchev–Trinajstić information content (AvgIpc) is 2.60. The Hall–Kier alpha value is -1.06. The molecule has 0 aromatic heterocycles. The number of nitrogens with two attached hydrogens (primary N) is 1. The van der Waals surface area contributed by atoms with Crippen molar-refractivity contribution in [2.45, 2.75) is 17.7 Å². The maximum Gasteiger partial charge on any atom is 0.244 e. The molecular formula is C15H23Cl2N3O4S. The van der Waals surface area contributed by atoms with E-state index >= 15 is 0 Å². The van der Waals surface area contributed by atoms with E-state index in [0.717, 1.165) is 0 Å². The van der Waals surface area contributed by atoms with Crippen LogP contribution in [0.3, 0.4) is 0 Å². The van der Waals surface area contributed by atoms with Gasteiger partial charge in [-0.2, -0.15) is 4.31 Å². The van der Waals surface area contributed by atoms with E-state index in [1.165, 1.54) is 23.5 Å². The van der Waals surface area contributed by atoms with E-state index in [0.29, 0.717) is 38.2 Å². The minimum Gasteiger partial charge on any atom is -0.497 e. The van der Waals surface area contributed by atoms with E-state index in [1.54, 1.807) is 6.07 Å². The van der Waals surface area contributed by atoms with Crippen LogP contribution in [0.2, 0.25) is 5.02 Å². The smallest absolute Gasteiger partial charge is 0.244 e. The Labute approximate surface area is 159 Å². The second kappa shape index (κ2) is 9.59. The maximum atomic E-state index is 12.9. The van der Waals surface area contributed by atoms with Crippen LogP contribution in [0.5, 0.6) is 5.75 Å². The molecule has 0 saturated carbocycles. The molecule has 0 spiro atoms. The topological polar surface area (TPSA) is 102 Å². The third kappa shape index (κ3) is 5.21. The maximum absolute atomic E-state index is 12.9. The summed E-state index contributed by atoms with van der Waals surface area (Å²) >= 11 is 6.07. The lowest BCUT2D eigenvalue weighted by Gasteiger charge is -2.31. The highest BCUT2D eigenvalue weighted by Gasteiger charge is 2.34. The number of hydrogen-bond donors (Lipinski definition) is 2. The van der Waals surface area contributed by atoms with Gasteiger partial charge in [0.15, 0.2) is 0 Å². The van der Waals surface area contributed by atoms with Crippen LogP contribution in [0.1, 0.15) is 12.8 Å². The SMILES string of the molecule is COc1ccc(Cl)c(S(=O)(=O)N2CCCC(C(=O)NCCN)C2)c1.Cl. The van der Waals surface area contributed by atoms with E-state index in [9.17, 15) is 13.2 Å². The molecule has 7 nitrogen and oxygen atoms in total. The molecule has 1 heterocycles. The predicted molar refractivity (Wildman–Crippen MR) is 98.8 cm³/mol. The second-order valence-corrected chi connectivity index (χ2v) is 7.89. The number of halogens is 2. The fourth-order valence-electron chi connectivity index (χ4n) is 2.66. The van der Waals surface area contributed by atoms with Gasteiger partial charge >= 0.3 is 0 Å². The van der Waals surface area contributed by atoms with Crippen LogP contribution in [0.4, 0.5) is 0 Å². The Morgan fingerprint density at radius 2 is 2.20 bits per heavy atom. The number of hydrogen-bond acceptors (Lipinski definition) is 5. The molecular weight excluding hydrogens is 389 g/mol. The molecule has 0 bridgehead atoms. The minimum atomic E-state index is -3.80. The van der Waals surface area contributed by atoms with Gasteiger partial charge in [0.05, 0.1) is 18.1 Å². The third-order valence-corrected chi connectivity index (χ3v) is 6.30. The summed E-state index contributed by atoms with van der Waals surface area (Å²) in [5.74, 6) is -0.145. The summed E-state index contributed by atoms with van der Waals surface area (Å²) < 4.78 is 32.2. The van der Waals surface area contributed by atoms with Gasteiger partial charge in [-0.25, -0.2) is 8.42 Å². The van der Waals surface area contributed by atoms with Crippen molar-refractivity contribution in [2.75, 3.05) is 33.3 Å². The average molecular weight is 412 g/mol. The predicted octanol–water partition coefficient (Wildman–Crippen LogP) is 1.25. The van der Waals surface area contributed by atoms with Crippen LogP contribution in [0, 0.1) is 5.92 Å². The van der Waals surface area contributed by atoms with Gasteiger partial charge in [0, 0.05) is 32.2 Å². The molecule has 1 amide bonds. The molecule has 1 atom stereocenters. The third-order valence-electron chi connectivity index (χ3n) is 3.95. The van der Waals surface area contributed by atoms with Crippen LogP contribution < -0.4 is 15.8 Å². The van der Waals surface area contributed by atoms with Crippen molar-refractivity contribution in [2.24, 2.45) is 11.7 Å². The quantitative estimate of drug-likeness (QED) is 0.732. The Balaban J connectivity index is 0.00000312. The Bertz CT molecular complexity index is 700. The molecule has 1 fully saturated rings. The lowest BCUT2D eigenvalue weighted by molar-refractivity contribution is -0.126. The van der Waals surface area contributed by atoms with Crippen molar-refractivity contribution in [3.8, 4) is 5.75 Å². The van der Waals surface area contributed by atoms with Crippen molar-refractivity contribution < 1.29 is 17.9 Å². The highest BCUT2D eigenvalue weighted by atomic mass is 35.5. The Morgan fingerprint density at radius 1 is 1.48 bits per heavy atom. The van der Waals surface area contributed by atoms with E-state index < -0.39 is 10.0 Å². The zero-order chi connectivity index (χ0) is 17.7. The van der Waals surface area contributed by atoms with Gasteiger partial charge in [0.1, 0.15) is 10.6 Å². The number of sulfonamides is 1. The summed E-state index contributed by atoms with van der Waals surface area (Å²) in [4.78, 5) is 12.1. The molecule has 10 heteroatoms. The number of methoxy groups -OCH3 is 1. The summed E-state index contributed by atoms with van der Waals surface area (Å²) in [6.45, 7) is 1.21. The first kappa shape index (κ1) is 22.0. The summed E-state index contributed by atoms with van der Waals surface area (Å²) in [7, 11) is -2.34. The van der Waals surface area contributed by atoms with Gasteiger partial charge in [0.2, 0.25) is 15.9 Å². The number of nitrogens with zero attached hydrogens (tertiary/aromatic N) is 1. The molecule has 1 aliphatic rings. The molecule has 0 aliphatic carbocycles. The lowest BCUT2D eigenvalue weighted by atomic mass is 9.99. The molecule has 1 saturated heterocycles. The van der Waals surface area contributed by atoms with Crippen LogP contribution in [0.25, 0.3) is 0 Å². The first-order valence-electron chi connectivity index (χ1n) is 7.71. The number of benzene rings is 1. The van der Waals surface area contributed by atoms with Crippen LogP contribution in [0.15, 0.2) is 23.1 Å². The van der Waals surface area contributed by atoms with E-state index in [-0.39, 0.29) is 40.7 Å². The summed E-state index contributed by atoms with van der Waals surface area (Å²) in [5, 5.41) is 2.84. The van der Waals surface area contributed by atoms with E-state index in [2.05, 4.69) is 5.32 Å². The molecule has 0 radical (unpaired) electrons. The van der Waals surface area contributed by atoms with Gasteiger partial charge in [-0.3, -0.25) is 4.79 Å². The number of carbonyl (C=O) groups excluding carboxylic acids is 1. The Kier molecular flexibility index (Phi) is 8.43. The Morgan fingerprint density at radius 3 is 2.84 bits per heavy atom. The van der Waals surface area contributed by atoms with Crippen molar-refractivity contribution in [3.63, 3.8) is 0 Å². The van der Waals surface area contributed by atoms with E-state index in [4.69, 9.17) is 22.1 Å². The standard InChI is InChI=1S/C15H22ClN3O4S.ClH/c1-23-12-4-5-13(16)14(9-12)24(21,22)19-8-2-3-11(10-19)15(20)18-7-6-17;/h4-5,9,11H,2-3,6-8,10,17H2,1H3,(H,18,20);1H. The summed E-state index contributed by atoms with van der Waals surface area (Å²) in [5.41, 5.74) is 5.38. The van der Waals surface area contributed by atoms with Gasteiger partial charge in [-0.05, 0) is 25.0 Å². The fourth-order valence-corrected chi connectivity index (χ4v) is 4.68. The highest BCUT2D eigenvalue weighted by molar-refractivity contribution is 7.89. The minimum absolute atomic E-state index is 0. The number of amides is 1. The largest absolute Gasteiger partial charge is 0.497 e. The molecule has 3 N–H and O–H groups in total. The number of piperidine rings is 1. The van der Waals surface area contributed by atoms with Crippen LogP contribution >= 0.6 is 24.0 Å². The van der Waals surface area contributed by atoms with Gasteiger partial charge in [0.25, 0.3) is 0 Å². The monoisotopic (exact) mass is 411 g/mol. The van der Waals surface area contributed by atoms with Crippen molar-refractivity contribution in [1.29, 1.82) is 0 Å².